The Morgan fingerprint density at radius 2 is 2.58 bits per heavy atom. The number of aliphatic hydroxyl groups excluding tert-OH is 1. The fourth-order valence-electron chi connectivity index (χ4n) is 2.28. The summed E-state index contributed by atoms with van der Waals surface area (Å²) in [6, 6.07) is 0.286. The predicted molar refractivity (Wildman–Crippen MR) is 39.3 cm³/mol. The maximum Gasteiger partial charge on any atom is 0.165 e. The van der Waals surface area contributed by atoms with E-state index in [1.807, 2.05) is 0 Å². The molecule has 66 valence electrons. The average molecular weight is 170 g/mol. The van der Waals surface area contributed by atoms with Crippen molar-refractivity contribution in [2.75, 3.05) is 6.61 Å². The molecule has 2 N–H and O–H groups in total. The van der Waals surface area contributed by atoms with Crippen molar-refractivity contribution >= 4 is 5.71 Å². The van der Waals surface area contributed by atoms with E-state index in [2.05, 4.69) is 10.6 Å². The Morgan fingerprint density at radius 3 is 3.42 bits per heavy atom. The van der Waals surface area contributed by atoms with E-state index in [-0.39, 0.29) is 30.8 Å². The number of nitrogens with zero attached hydrogens (tertiary/aromatic N) is 1. The summed E-state index contributed by atoms with van der Waals surface area (Å²) >= 11 is 0. The molecule has 4 atom stereocenters. The smallest absolute Gasteiger partial charge is 0.165 e. The monoisotopic (exact) mass is 170 g/mol. The molecule has 3 aliphatic rings. The van der Waals surface area contributed by atoms with E-state index < -0.39 is 0 Å². The highest BCUT2D eigenvalue weighted by molar-refractivity contribution is 5.90. The molecule has 1 aliphatic carbocycles. The largest absolute Gasteiger partial charge is 0.390 e. The first kappa shape index (κ1) is 6.82. The zero-order valence-electron chi connectivity index (χ0n) is 6.43. The molecule has 2 bridgehead atoms. The first-order valence-corrected chi connectivity index (χ1v) is 4.15. The van der Waals surface area contributed by atoms with E-state index in [0.29, 0.717) is 0 Å². The number of hydrogen-bond donors (Lipinski definition) is 2. The normalized spacial score (nSPS) is 48.9. The minimum absolute atomic E-state index is 0.00787. The lowest BCUT2D eigenvalue weighted by Crippen LogP contribution is -2.44. The van der Waals surface area contributed by atoms with Crippen LogP contribution in [0.1, 0.15) is 6.42 Å². The van der Waals surface area contributed by atoms with Gasteiger partial charge in [0.1, 0.15) is 6.10 Å². The molecule has 2 aliphatic heterocycles. The summed E-state index contributed by atoms with van der Waals surface area (Å²) in [5.74, 6) is 0.230. The molecule has 0 amide bonds. The molecule has 0 aromatic carbocycles. The number of hydrogen-bond acceptors (Lipinski definition) is 5. The summed E-state index contributed by atoms with van der Waals surface area (Å²) in [6.07, 6.45) is 1.13. The van der Waals surface area contributed by atoms with Crippen LogP contribution < -0.4 is 5.48 Å². The summed E-state index contributed by atoms with van der Waals surface area (Å²) < 4.78 is 0. The van der Waals surface area contributed by atoms with Crippen LogP contribution in [0.3, 0.4) is 0 Å². The van der Waals surface area contributed by atoms with Crippen LogP contribution in [-0.2, 0) is 9.68 Å². The lowest BCUT2D eigenvalue weighted by atomic mass is 9.97. The van der Waals surface area contributed by atoms with Crippen molar-refractivity contribution in [2.45, 2.75) is 24.7 Å². The molecule has 0 radical (unpaired) electrons. The van der Waals surface area contributed by atoms with E-state index in [4.69, 9.17) is 14.8 Å². The van der Waals surface area contributed by atoms with Gasteiger partial charge in [-0.2, -0.15) is 5.48 Å². The van der Waals surface area contributed by atoms with Crippen molar-refractivity contribution in [2.24, 2.45) is 11.1 Å². The van der Waals surface area contributed by atoms with Gasteiger partial charge in [0.2, 0.25) is 0 Å². The molecule has 2 fully saturated rings. The van der Waals surface area contributed by atoms with Crippen molar-refractivity contribution < 1.29 is 14.8 Å². The number of oxime groups is 1. The molecule has 0 unspecified atom stereocenters. The summed E-state index contributed by atoms with van der Waals surface area (Å²) in [7, 11) is 0. The number of nitrogens with one attached hydrogen (secondary N) is 1. The van der Waals surface area contributed by atoms with Gasteiger partial charge in [-0.25, -0.2) is 0 Å². The Balaban J connectivity index is 1.90. The number of aliphatic hydroxyl groups is 1. The van der Waals surface area contributed by atoms with Crippen molar-refractivity contribution in [3.63, 3.8) is 0 Å². The third-order valence-corrected chi connectivity index (χ3v) is 2.85. The highest BCUT2D eigenvalue weighted by atomic mass is 16.7. The van der Waals surface area contributed by atoms with Crippen LogP contribution in [-0.4, -0.2) is 35.7 Å². The van der Waals surface area contributed by atoms with Gasteiger partial charge in [-0.15, -0.1) is 0 Å². The van der Waals surface area contributed by atoms with Gasteiger partial charge in [0.05, 0.1) is 18.2 Å². The van der Waals surface area contributed by atoms with E-state index in [9.17, 15) is 0 Å². The summed E-state index contributed by atoms with van der Waals surface area (Å²) in [6.45, 7) is -0.00787. The fourth-order valence-corrected chi connectivity index (χ4v) is 2.28. The lowest BCUT2D eigenvalue weighted by Gasteiger charge is -2.23. The van der Waals surface area contributed by atoms with Gasteiger partial charge in [-0.1, -0.05) is 5.16 Å². The molecule has 12 heavy (non-hydrogen) atoms. The second kappa shape index (κ2) is 2.18. The Morgan fingerprint density at radius 1 is 1.67 bits per heavy atom. The highest BCUT2D eigenvalue weighted by Gasteiger charge is 2.55. The molecule has 2 heterocycles. The molecule has 3 rings (SSSR count). The van der Waals surface area contributed by atoms with Crippen molar-refractivity contribution in [3.05, 3.63) is 0 Å². The van der Waals surface area contributed by atoms with Gasteiger partial charge < -0.3 is 9.94 Å². The minimum atomic E-state index is -0.00787. The first-order valence-electron chi connectivity index (χ1n) is 4.15. The van der Waals surface area contributed by atoms with Crippen LogP contribution in [0.5, 0.6) is 0 Å². The Hall–Kier alpha value is -0.650. The Kier molecular flexibility index (Phi) is 1.24. The molecule has 1 saturated heterocycles. The zero-order chi connectivity index (χ0) is 8.13. The number of rotatable bonds is 1. The van der Waals surface area contributed by atoms with Crippen molar-refractivity contribution in [1.82, 2.24) is 5.48 Å². The molecule has 0 aromatic heterocycles. The van der Waals surface area contributed by atoms with Gasteiger partial charge in [0.25, 0.3) is 0 Å². The molecular weight excluding hydrogens is 160 g/mol. The number of fused-ring (bicyclic) bond motifs is 5. The molecule has 5 nitrogen and oxygen atoms in total. The van der Waals surface area contributed by atoms with Gasteiger partial charge in [-0.3, -0.25) is 4.84 Å². The zero-order valence-corrected chi connectivity index (χ0v) is 6.43. The van der Waals surface area contributed by atoms with Crippen LogP contribution in [0.15, 0.2) is 5.16 Å². The minimum Gasteiger partial charge on any atom is -0.390 e. The lowest BCUT2D eigenvalue weighted by molar-refractivity contribution is -0.0999. The third-order valence-electron chi connectivity index (χ3n) is 2.85. The van der Waals surface area contributed by atoms with E-state index >= 15 is 0 Å². The van der Waals surface area contributed by atoms with Gasteiger partial charge in [-0.05, 0) is 6.42 Å². The SMILES string of the molecule is OCC1=NO[C@@H]2[C@H]1[C@@H]1C[C@H]2ON1. The third kappa shape index (κ3) is 0.663. The summed E-state index contributed by atoms with van der Waals surface area (Å²) in [5, 5.41) is 12.8. The predicted octanol–water partition coefficient (Wildman–Crippen LogP) is -0.975. The van der Waals surface area contributed by atoms with Gasteiger partial charge in [0, 0.05) is 6.04 Å². The van der Waals surface area contributed by atoms with Crippen LogP contribution >= 0.6 is 0 Å². The van der Waals surface area contributed by atoms with Crippen LogP contribution in [0.2, 0.25) is 0 Å². The van der Waals surface area contributed by atoms with E-state index in [0.717, 1.165) is 12.1 Å². The van der Waals surface area contributed by atoms with Gasteiger partial charge in [0.15, 0.2) is 6.10 Å². The molecule has 0 spiro atoms. The topological polar surface area (TPSA) is 63.1 Å². The van der Waals surface area contributed by atoms with Crippen LogP contribution in [0, 0.1) is 5.92 Å². The maximum atomic E-state index is 8.96. The van der Waals surface area contributed by atoms with Crippen molar-refractivity contribution in [1.29, 1.82) is 0 Å². The Labute approximate surface area is 69.3 Å². The standard InChI is InChI=1S/C7H10N2O3/c10-2-4-6-3-1-5(11-8-3)7(6)12-9-4/h3,5-8,10H,1-2H2/t3-,5+,6-,7-/m0/s1. The second-order valence-electron chi connectivity index (χ2n) is 3.45. The first-order chi connectivity index (χ1) is 5.90. The fraction of sp³-hybridized carbons (Fsp3) is 0.857. The summed E-state index contributed by atoms with van der Waals surface area (Å²) in [5.41, 5.74) is 3.67. The van der Waals surface area contributed by atoms with Crippen LogP contribution in [0.4, 0.5) is 0 Å². The molecule has 0 aromatic rings. The van der Waals surface area contributed by atoms with E-state index in [1.54, 1.807) is 0 Å². The molecule has 1 saturated carbocycles. The van der Waals surface area contributed by atoms with Crippen molar-refractivity contribution in [3.8, 4) is 0 Å². The second-order valence-corrected chi connectivity index (χ2v) is 3.45. The Bertz CT molecular complexity index is 243. The molecular formula is C7H10N2O3. The maximum absolute atomic E-state index is 8.96. The highest BCUT2D eigenvalue weighted by Crippen LogP contribution is 2.39. The average Bonchev–Trinajstić information content (AvgIpc) is 2.76. The van der Waals surface area contributed by atoms with Gasteiger partial charge >= 0.3 is 0 Å². The number of hydroxylamine groups is 1. The van der Waals surface area contributed by atoms with Crippen LogP contribution in [0.25, 0.3) is 0 Å². The van der Waals surface area contributed by atoms with E-state index in [1.165, 1.54) is 0 Å². The quantitative estimate of drug-likeness (QED) is 0.531. The summed E-state index contributed by atoms with van der Waals surface area (Å²) in [4.78, 5) is 10.4. The molecule has 5 heteroatoms.